The van der Waals surface area contributed by atoms with Crippen molar-refractivity contribution >= 4 is 35.9 Å². The van der Waals surface area contributed by atoms with Gasteiger partial charge in [-0.2, -0.15) is 5.10 Å². The van der Waals surface area contributed by atoms with E-state index < -0.39 is 6.09 Å². The number of ether oxygens (including phenoxy) is 1. The van der Waals surface area contributed by atoms with E-state index in [4.69, 9.17) is 4.74 Å². The number of aromatic nitrogens is 2. The summed E-state index contributed by atoms with van der Waals surface area (Å²) in [5.74, 6) is 0.261. The lowest BCUT2D eigenvalue weighted by molar-refractivity contribution is -0.113. The van der Waals surface area contributed by atoms with Crippen molar-refractivity contribution in [2.75, 3.05) is 11.1 Å². The quantitative estimate of drug-likeness (QED) is 0.361. The van der Waals surface area contributed by atoms with E-state index in [0.717, 1.165) is 30.3 Å². The number of aromatic amines is 1. The molecule has 4 N–H and O–H groups in total. The first-order valence-electron chi connectivity index (χ1n) is 10.1. The summed E-state index contributed by atoms with van der Waals surface area (Å²) in [5, 5.41) is 22.3. The summed E-state index contributed by atoms with van der Waals surface area (Å²) in [7, 11) is 0. The normalized spacial score (nSPS) is 18.0. The monoisotopic (exact) mass is 446 g/mol. The molecule has 0 saturated heterocycles. The van der Waals surface area contributed by atoms with E-state index in [1.165, 1.54) is 6.07 Å². The number of nitrogens with zero attached hydrogens (tertiary/aromatic N) is 1. The fourth-order valence-corrected chi connectivity index (χ4v) is 4.30. The van der Waals surface area contributed by atoms with Crippen LogP contribution >= 0.6 is 11.8 Å². The Hall–Kier alpha value is -3.01. The van der Waals surface area contributed by atoms with Crippen LogP contribution in [0.5, 0.6) is 5.75 Å². The molecular formula is C21H26N4O5S. The highest BCUT2D eigenvalue weighted by molar-refractivity contribution is 8.00. The van der Waals surface area contributed by atoms with Gasteiger partial charge < -0.3 is 20.5 Å². The number of H-pyrrole nitrogens is 1. The molecule has 1 heterocycles. The molecule has 2 aromatic rings. The van der Waals surface area contributed by atoms with Gasteiger partial charge >= 0.3 is 6.09 Å². The number of phenols is 1. The Morgan fingerprint density at radius 2 is 2.19 bits per heavy atom. The number of hydrogen-bond donors (Lipinski definition) is 4. The number of anilines is 1. The molecule has 1 fully saturated rings. The average Bonchev–Trinajstić information content (AvgIpc) is 3.35. The Morgan fingerprint density at radius 3 is 2.94 bits per heavy atom. The number of carbonyl (C=O) groups excluding carboxylic acids is 3. The largest absolute Gasteiger partial charge is 0.507 e. The Balaban J connectivity index is 1.49. The van der Waals surface area contributed by atoms with E-state index in [9.17, 15) is 19.5 Å². The van der Waals surface area contributed by atoms with Crippen LogP contribution in [0.1, 0.15) is 55.1 Å². The topological polar surface area (TPSA) is 133 Å². The predicted octanol–water partition coefficient (Wildman–Crippen LogP) is 3.43. The van der Waals surface area contributed by atoms with E-state index in [-0.39, 0.29) is 41.0 Å². The van der Waals surface area contributed by atoms with Crippen molar-refractivity contribution in [1.82, 2.24) is 15.5 Å². The van der Waals surface area contributed by atoms with Gasteiger partial charge in [0.2, 0.25) is 5.91 Å². The maximum absolute atomic E-state index is 12.3. The van der Waals surface area contributed by atoms with Gasteiger partial charge in [0.15, 0.2) is 12.1 Å². The minimum Gasteiger partial charge on any atom is -0.507 e. The van der Waals surface area contributed by atoms with E-state index in [1.54, 1.807) is 18.2 Å². The summed E-state index contributed by atoms with van der Waals surface area (Å²) in [4.78, 5) is 35.7. The van der Waals surface area contributed by atoms with Crippen LogP contribution < -0.4 is 10.6 Å². The summed E-state index contributed by atoms with van der Waals surface area (Å²) in [6.07, 6.45) is 2.35. The molecule has 0 radical (unpaired) electrons. The van der Waals surface area contributed by atoms with Crippen LogP contribution in [-0.2, 0) is 9.53 Å². The molecule has 2 amide bonds. The molecule has 0 aliphatic heterocycles. The SMILES string of the molecule is CC(C)NC(=O)O[C@@H]1CC[C@H](c2cc(NC(=O)CSc3cccc(O)c3C=O)n[nH]2)C1. The first kappa shape index (κ1) is 22.7. The molecule has 1 aromatic heterocycles. The van der Waals surface area contributed by atoms with Crippen LogP contribution in [0.25, 0.3) is 0 Å². The van der Waals surface area contributed by atoms with Gasteiger partial charge in [0, 0.05) is 28.6 Å². The molecule has 166 valence electrons. The molecule has 1 aliphatic carbocycles. The number of amides is 2. The van der Waals surface area contributed by atoms with E-state index in [0.29, 0.717) is 23.4 Å². The fourth-order valence-electron chi connectivity index (χ4n) is 3.46. The molecule has 31 heavy (non-hydrogen) atoms. The second kappa shape index (κ2) is 10.3. The third-order valence-corrected chi connectivity index (χ3v) is 5.96. The number of benzene rings is 1. The molecule has 0 bridgehead atoms. The molecule has 0 spiro atoms. The van der Waals surface area contributed by atoms with Gasteiger partial charge in [0.25, 0.3) is 0 Å². The zero-order chi connectivity index (χ0) is 22.4. The van der Waals surface area contributed by atoms with Gasteiger partial charge in [0.1, 0.15) is 11.9 Å². The number of carbonyl (C=O) groups is 3. The van der Waals surface area contributed by atoms with Gasteiger partial charge in [-0.25, -0.2) is 4.79 Å². The highest BCUT2D eigenvalue weighted by atomic mass is 32.2. The third kappa shape index (κ3) is 6.24. The Labute approximate surface area is 184 Å². The lowest BCUT2D eigenvalue weighted by Crippen LogP contribution is -2.33. The summed E-state index contributed by atoms with van der Waals surface area (Å²) < 4.78 is 5.45. The van der Waals surface area contributed by atoms with Crippen LogP contribution in [0.4, 0.5) is 10.6 Å². The molecular weight excluding hydrogens is 420 g/mol. The molecule has 0 unspecified atom stereocenters. The second-order valence-electron chi connectivity index (χ2n) is 7.69. The minimum atomic E-state index is -0.403. The number of nitrogens with one attached hydrogen (secondary N) is 3. The maximum Gasteiger partial charge on any atom is 0.407 e. The Morgan fingerprint density at radius 1 is 1.39 bits per heavy atom. The number of phenolic OH excluding ortho intramolecular Hbond substituents is 1. The lowest BCUT2D eigenvalue weighted by Gasteiger charge is -2.14. The Kier molecular flexibility index (Phi) is 7.56. The molecule has 3 rings (SSSR count). The van der Waals surface area contributed by atoms with Gasteiger partial charge in [-0.15, -0.1) is 11.8 Å². The number of aromatic hydroxyl groups is 1. The van der Waals surface area contributed by atoms with Crippen LogP contribution in [0, 0.1) is 0 Å². The number of aldehydes is 1. The average molecular weight is 447 g/mol. The highest BCUT2D eigenvalue weighted by Crippen LogP contribution is 2.36. The van der Waals surface area contributed by atoms with Crippen molar-refractivity contribution in [1.29, 1.82) is 0 Å². The van der Waals surface area contributed by atoms with Crippen LogP contribution in [0.15, 0.2) is 29.2 Å². The Bertz CT molecular complexity index is 946. The van der Waals surface area contributed by atoms with Crippen LogP contribution in [-0.4, -0.2) is 51.5 Å². The summed E-state index contributed by atoms with van der Waals surface area (Å²) in [6, 6.07) is 6.53. The number of rotatable bonds is 8. The zero-order valence-electron chi connectivity index (χ0n) is 17.4. The smallest absolute Gasteiger partial charge is 0.407 e. The summed E-state index contributed by atoms with van der Waals surface area (Å²) in [6.45, 7) is 3.76. The third-order valence-electron chi connectivity index (χ3n) is 4.89. The van der Waals surface area contributed by atoms with E-state index in [2.05, 4.69) is 20.8 Å². The zero-order valence-corrected chi connectivity index (χ0v) is 18.2. The lowest BCUT2D eigenvalue weighted by atomic mass is 10.0. The van der Waals surface area contributed by atoms with Crippen LogP contribution in [0.3, 0.4) is 0 Å². The summed E-state index contributed by atoms with van der Waals surface area (Å²) in [5.41, 5.74) is 1.05. The van der Waals surface area contributed by atoms with E-state index >= 15 is 0 Å². The first-order valence-corrected chi connectivity index (χ1v) is 11.1. The number of alkyl carbamates (subject to hydrolysis) is 1. The number of hydrogen-bond acceptors (Lipinski definition) is 7. The first-order chi connectivity index (χ1) is 14.9. The highest BCUT2D eigenvalue weighted by Gasteiger charge is 2.30. The maximum atomic E-state index is 12.3. The van der Waals surface area contributed by atoms with Crippen molar-refractivity contribution in [2.45, 2.75) is 56.1 Å². The van der Waals surface area contributed by atoms with Crippen molar-refractivity contribution < 1.29 is 24.2 Å². The molecule has 2 atom stereocenters. The molecule has 9 nitrogen and oxygen atoms in total. The van der Waals surface area contributed by atoms with Gasteiger partial charge in [-0.05, 0) is 45.2 Å². The van der Waals surface area contributed by atoms with Crippen molar-refractivity contribution in [3.8, 4) is 5.75 Å². The van der Waals surface area contributed by atoms with Crippen LogP contribution in [0.2, 0.25) is 0 Å². The van der Waals surface area contributed by atoms with Crippen molar-refractivity contribution in [3.05, 3.63) is 35.5 Å². The molecule has 10 heteroatoms. The second-order valence-corrected chi connectivity index (χ2v) is 8.71. The minimum absolute atomic E-state index is 0.0271. The predicted molar refractivity (Wildman–Crippen MR) is 117 cm³/mol. The molecule has 1 saturated carbocycles. The van der Waals surface area contributed by atoms with E-state index in [1.807, 2.05) is 13.8 Å². The standard InChI is InChI=1S/C21H26N4O5S/c1-12(2)22-21(29)30-14-7-6-13(8-14)16-9-19(25-24-16)23-20(28)11-31-18-5-3-4-17(27)15(18)10-26/h3-5,9-10,12-14,27H,6-8,11H2,1-2H3,(H,22,29)(H2,23,24,25,28)/t13-,14+/m0/s1. The van der Waals surface area contributed by atoms with Gasteiger partial charge in [0.05, 0.1) is 11.3 Å². The summed E-state index contributed by atoms with van der Waals surface area (Å²) >= 11 is 1.16. The number of thioether (sulfide) groups is 1. The molecule has 1 aliphatic rings. The van der Waals surface area contributed by atoms with Gasteiger partial charge in [-0.3, -0.25) is 14.7 Å². The van der Waals surface area contributed by atoms with Crippen molar-refractivity contribution in [3.63, 3.8) is 0 Å². The fraction of sp³-hybridized carbons (Fsp3) is 0.429. The van der Waals surface area contributed by atoms with Crippen molar-refractivity contribution in [2.24, 2.45) is 0 Å². The van der Waals surface area contributed by atoms with Gasteiger partial charge in [-0.1, -0.05) is 6.07 Å². The molecule has 1 aromatic carbocycles.